The van der Waals surface area contributed by atoms with E-state index in [0.717, 1.165) is 11.0 Å². The predicted molar refractivity (Wildman–Crippen MR) is 96.0 cm³/mol. The van der Waals surface area contributed by atoms with E-state index >= 15 is 0 Å². The molecular formula is C17H16F3N5OS. The van der Waals surface area contributed by atoms with Gasteiger partial charge in [0.1, 0.15) is 18.2 Å². The van der Waals surface area contributed by atoms with Crippen LogP contribution in [0.4, 0.5) is 18.3 Å². The van der Waals surface area contributed by atoms with Crippen LogP contribution >= 0.6 is 11.5 Å². The number of benzene rings is 1. The molecule has 1 atom stereocenters. The van der Waals surface area contributed by atoms with Gasteiger partial charge < -0.3 is 4.90 Å². The molecule has 6 nitrogen and oxygen atoms in total. The van der Waals surface area contributed by atoms with Gasteiger partial charge in [-0.15, -0.1) is 0 Å². The summed E-state index contributed by atoms with van der Waals surface area (Å²) < 4.78 is 44.5. The van der Waals surface area contributed by atoms with E-state index in [0.29, 0.717) is 29.4 Å². The zero-order valence-electron chi connectivity index (χ0n) is 14.4. The second kappa shape index (κ2) is 6.59. The van der Waals surface area contributed by atoms with Gasteiger partial charge in [0.15, 0.2) is 0 Å². The predicted octanol–water partition coefficient (Wildman–Crippen LogP) is 3.46. The van der Waals surface area contributed by atoms with Crippen molar-refractivity contribution in [1.29, 1.82) is 0 Å². The van der Waals surface area contributed by atoms with E-state index in [9.17, 15) is 18.0 Å². The molecule has 0 aliphatic carbocycles. The standard InChI is InChI=1S/C17H16F3N5OS/c1-10-21-16(27-23-10)24-8-4-7-13(24)14-22-12-6-3-2-5-11(12)15(26)25(14)9-17(18,19)20/h2-3,5-6,13H,4,7-9H2,1H3. The minimum Gasteiger partial charge on any atom is -0.337 e. The molecule has 27 heavy (non-hydrogen) atoms. The molecule has 0 N–H and O–H groups in total. The van der Waals surface area contributed by atoms with Crippen LogP contribution < -0.4 is 10.5 Å². The normalized spacial score (nSPS) is 17.8. The van der Waals surface area contributed by atoms with E-state index in [1.54, 1.807) is 25.1 Å². The quantitative estimate of drug-likeness (QED) is 0.680. The molecule has 142 valence electrons. The third-order valence-electron chi connectivity index (χ3n) is 4.54. The van der Waals surface area contributed by atoms with Gasteiger partial charge in [-0.05, 0) is 31.9 Å². The van der Waals surface area contributed by atoms with Crippen molar-refractivity contribution in [3.05, 3.63) is 46.3 Å². The maximum atomic E-state index is 13.2. The fraction of sp³-hybridized carbons (Fsp3) is 0.412. The number of rotatable bonds is 3. The number of para-hydroxylation sites is 1. The lowest BCUT2D eigenvalue weighted by Gasteiger charge is -2.26. The van der Waals surface area contributed by atoms with Crippen LogP contribution in [0.15, 0.2) is 29.1 Å². The van der Waals surface area contributed by atoms with Gasteiger partial charge in [-0.2, -0.15) is 17.5 Å². The highest BCUT2D eigenvalue weighted by atomic mass is 32.1. The Hall–Kier alpha value is -2.49. The first-order valence-electron chi connectivity index (χ1n) is 8.47. The molecule has 1 saturated heterocycles. The van der Waals surface area contributed by atoms with Gasteiger partial charge in [-0.3, -0.25) is 9.36 Å². The lowest BCUT2D eigenvalue weighted by atomic mass is 10.1. The molecule has 2 aromatic heterocycles. The second-order valence-electron chi connectivity index (χ2n) is 6.47. The Morgan fingerprint density at radius 3 is 2.74 bits per heavy atom. The van der Waals surface area contributed by atoms with Gasteiger partial charge in [0.05, 0.1) is 16.9 Å². The molecule has 1 aliphatic rings. The molecule has 1 aliphatic heterocycles. The third-order valence-corrected chi connectivity index (χ3v) is 5.39. The summed E-state index contributed by atoms with van der Waals surface area (Å²) in [4.78, 5) is 23.5. The van der Waals surface area contributed by atoms with Gasteiger partial charge in [0.2, 0.25) is 5.13 Å². The van der Waals surface area contributed by atoms with Crippen molar-refractivity contribution in [2.75, 3.05) is 11.4 Å². The number of halogens is 3. The van der Waals surface area contributed by atoms with Crippen LogP contribution in [0.25, 0.3) is 10.9 Å². The van der Waals surface area contributed by atoms with Crippen molar-refractivity contribution >= 4 is 27.6 Å². The Bertz CT molecular complexity index is 1040. The summed E-state index contributed by atoms with van der Waals surface area (Å²) in [7, 11) is 0. The number of anilines is 1. The summed E-state index contributed by atoms with van der Waals surface area (Å²) in [5.74, 6) is 0.737. The number of fused-ring (bicyclic) bond motifs is 1. The van der Waals surface area contributed by atoms with Crippen molar-refractivity contribution in [2.45, 2.75) is 38.5 Å². The smallest absolute Gasteiger partial charge is 0.337 e. The first-order valence-corrected chi connectivity index (χ1v) is 9.24. The van der Waals surface area contributed by atoms with E-state index in [4.69, 9.17) is 0 Å². The molecule has 4 rings (SSSR count). The molecular weight excluding hydrogens is 379 g/mol. The molecule has 0 saturated carbocycles. The fourth-order valence-corrected chi connectivity index (χ4v) is 4.19. The maximum Gasteiger partial charge on any atom is 0.406 e. The van der Waals surface area contributed by atoms with Gasteiger partial charge in [-0.1, -0.05) is 12.1 Å². The zero-order chi connectivity index (χ0) is 19.2. The number of aromatic nitrogens is 4. The second-order valence-corrected chi connectivity index (χ2v) is 7.20. The fourth-order valence-electron chi connectivity index (χ4n) is 3.44. The molecule has 0 amide bonds. The Morgan fingerprint density at radius 1 is 1.26 bits per heavy atom. The maximum absolute atomic E-state index is 13.2. The van der Waals surface area contributed by atoms with Crippen LogP contribution in [0, 0.1) is 6.92 Å². The molecule has 0 bridgehead atoms. The summed E-state index contributed by atoms with van der Waals surface area (Å²) in [6.07, 6.45) is -3.15. The molecule has 3 heterocycles. The third kappa shape index (κ3) is 3.41. The van der Waals surface area contributed by atoms with Gasteiger partial charge in [-0.25, -0.2) is 9.97 Å². The minimum atomic E-state index is -4.52. The molecule has 1 fully saturated rings. The summed E-state index contributed by atoms with van der Waals surface area (Å²) in [5, 5.41) is 0.817. The largest absolute Gasteiger partial charge is 0.406 e. The van der Waals surface area contributed by atoms with E-state index in [-0.39, 0.29) is 11.2 Å². The summed E-state index contributed by atoms with van der Waals surface area (Å²) in [6.45, 7) is 1.03. The number of nitrogens with zero attached hydrogens (tertiary/aromatic N) is 5. The van der Waals surface area contributed by atoms with Crippen LogP contribution in [0.5, 0.6) is 0 Å². The molecule has 10 heteroatoms. The average molecular weight is 395 g/mol. The van der Waals surface area contributed by atoms with Crippen molar-refractivity contribution in [2.24, 2.45) is 0 Å². The van der Waals surface area contributed by atoms with Gasteiger partial charge in [0.25, 0.3) is 5.56 Å². The summed E-state index contributed by atoms with van der Waals surface area (Å²) >= 11 is 1.20. The van der Waals surface area contributed by atoms with Crippen LogP contribution in [-0.2, 0) is 6.54 Å². The monoisotopic (exact) mass is 395 g/mol. The Kier molecular flexibility index (Phi) is 4.37. The average Bonchev–Trinajstić information content (AvgIpc) is 3.25. The van der Waals surface area contributed by atoms with E-state index in [1.807, 2.05) is 4.90 Å². The molecule has 1 unspecified atom stereocenters. The van der Waals surface area contributed by atoms with Crippen LogP contribution in [-0.4, -0.2) is 31.6 Å². The van der Waals surface area contributed by atoms with Gasteiger partial charge in [0, 0.05) is 18.1 Å². The Balaban J connectivity index is 1.88. The molecule has 0 radical (unpaired) electrons. The zero-order valence-corrected chi connectivity index (χ0v) is 15.2. The van der Waals surface area contributed by atoms with Crippen molar-refractivity contribution < 1.29 is 13.2 Å². The van der Waals surface area contributed by atoms with Gasteiger partial charge >= 0.3 is 6.18 Å². The summed E-state index contributed by atoms with van der Waals surface area (Å²) in [5.41, 5.74) is -0.274. The number of aryl methyl sites for hydroxylation is 1. The minimum absolute atomic E-state index is 0.126. The molecule has 3 aromatic rings. The number of hydrogen-bond acceptors (Lipinski definition) is 6. The lowest BCUT2D eigenvalue weighted by Crippen LogP contribution is -2.35. The van der Waals surface area contributed by atoms with Crippen molar-refractivity contribution in [3.63, 3.8) is 0 Å². The topological polar surface area (TPSA) is 63.9 Å². The Morgan fingerprint density at radius 2 is 2.04 bits per heavy atom. The summed E-state index contributed by atoms with van der Waals surface area (Å²) in [6, 6.07) is 6.04. The van der Waals surface area contributed by atoms with E-state index < -0.39 is 24.3 Å². The first kappa shape index (κ1) is 17.9. The highest BCUT2D eigenvalue weighted by Crippen LogP contribution is 2.36. The van der Waals surface area contributed by atoms with E-state index in [2.05, 4.69) is 14.3 Å². The highest BCUT2D eigenvalue weighted by molar-refractivity contribution is 7.09. The lowest BCUT2D eigenvalue weighted by molar-refractivity contribution is -0.141. The van der Waals surface area contributed by atoms with Crippen LogP contribution in [0.1, 0.15) is 30.5 Å². The highest BCUT2D eigenvalue weighted by Gasteiger charge is 2.36. The van der Waals surface area contributed by atoms with Crippen LogP contribution in [0.3, 0.4) is 0 Å². The van der Waals surface area contributed by atoms with E-state index in [1.165, 1.54) is 17.6 Å². The number of hydrogen-bond donors (Lipinski definition) is 0. The molecule has 0 spiro atoms. The van der Waals surface area contributed by atoms with Crippen molar-refractivity contribution in [3.8, 4) is 0 Å². The number of alkyl halides is 3. The van der Waals surface area contributed by atoms with Crippen LogP contribution in [0.2, 0.25) is 0 Å². The SMILES string of the molecule is Cc1nsc(N2CCCC2c2nc3ccccc3c(=O)n2CC(F)(F)F)n1. The first-order chi connectivity index (χ1) is 12.8. The Labute approximate surface area is 156 Å². The van der Waals surface area contributed by atoms with Crippen molar-refractivity contribution in [1.82, 2.24) is 18.9 Å². The molecule has 1 aromatic carbocycles.